The van der Waals surface area contributed by atoms with Crippen LogP contribution in [0.3, 0.4) is 0 Å². The number of carbonyl (C=O) groups is 2. The van der Waals surface area contributed by atoms with Crippen molar-refractivity contribution >= 4 is 23.2 Å². The molecule has 2 heterocycles. The maximum atomic E-state index is 12.6. The molecule has 0 aliphatic carbocycles. The van der Waals surface area contributed by atoms with Crippen LogP contribution in [-0.2, 0) is 15.0 Å². The molecular formula is C17H14N2O2. The summed E-state index contributed by atoms with van der Waals surface area (Å²) in [5, 5.41) is 5.78. The molecule has 4 rings (SSSR count). The molecule has 2 aromatic carbocycles. The van der Waals surface area contributed by atoms with Crippen molar-refractivity contribution in [2.24, 2.45) is 0 Å². The van der Waals surface area contributed by atoms with Crippen LogP contribution in [0.5, 0.6) is 0 Å². The Balaban J connectivity index is 1.94. The summed E-state index contributed by atoms with van der Waals surface area (Å²) in [6.45, 7) is 1.85. The maximum absolute atomic E-state index is 12.6. The fourth-order valence-electron chi connectivity index (χ4n) is 3.49. The monoisotopic (exact) mass is 278 g/mol. The number of hydrogen-bond acceptors (Lipinski definition) is 2. The molecule has 0 aromatic heterocycles. The van der Waals surface area contributed by atoms with Crippen LogP contribution < -0.4 is 10.6 Å². The largest absolute Gasteiger partial charge is 0.325 e. The van der Waals surface area contributed by atoms with Crippen LogP contribution in [0.2, 0.25) is 0 Å². The van der Waals surface area contributed by atoms with Crippen molar-refractivity contribution in [2.45, 2.75) is 18.3 Å². The lowest BCUT2D eigenvalue weighted by Gasteiger charge is -2.28. The molecule has 104 valence electrons. The van der Waals surface area contributed by atoms with Gasteiger partial charge in [-0.25, -0.2) is 0 Å². The van der Waals surface area contributed by atoms with Crippen LogP contribution in [0, 0.1) is 0 Å². The van der Waals surface area contributed by atoms with Crippen molar-refractivity contribution in [1.29, 1.82) is 0 Å². The number of nitrogens with one attached hydrogen (secondary N) is 2. The average molecular weight is 278 g/mol. The van der Waals surface area contributed by atoms with Gasteiger partial charge in [-0.1, -0.05) is 36.4 Å². The molecule has 2 atom stereocenters. The first-order valence-electron chi connectivity index (χ1n) is 6.93. The molecule has 2 aliphatic rings. The van der Waals surface area contributed by atoms with Gasteiger partial charge in [0.05, 0.1) is 11.3 Å². The Morgan fingerprint density at radius 1 is 0.905 bits per heavy atom. The van der Waals surface area contributed by atoms with Gasteiger partial charge < -0.3 is 10.6 Å². The van der Waals surface area contributed by atoms with Crippen molar-refractivity contribution in [3.63, 3.8) is 0 Å². The minimum Gasteiger partial charge on any atom is -0.325 e. The fraction of sp³-hybridized carbons (Fsp3) is 0.176. The third-order valence-corrected chi connectivity index (χ3v) is 4.58. The van der Waals surface area contributed by atoms with E-state index < -0.39 is 11.3 Å². The molecular weight excluding hydrogens is 264 g/mol. The van der Waals surface area contributed by atoms with Crippen LogP contribution in [0.1, 0.15) is 24.0 Å². The van der Waals surface area contributed by atoms with Gasteiger partial charge in [-0.2, -0.15) is 0 Å². The molecule has 0 saturated carbocycles. The third-order valence-electron chi connectivity index (χ3n) is 4.58. The Morgan fingerprint density at radius 2 is 1.57 bits per heavy atom. The molecule has 0 fully saturated rings. The van der Waals surface area contributed by atoms with E-state index in [-0.39, 0.29) is 11.8 Å². The van der Waals surface area contributed by atoms with E-state index >= 15 is 0 Å². The summed E-state index contributed by atoms with van der Waals surface area (Å²) >= 11 is 0. The van der Waals surface area contributed by atoms with Crippen LogP contribution in [0.25, 0.3) is 0 Å². The molecule has 0 spiro atoms. The van der Waals surface area contributed by atoms with Crippen LogP contribution >= 0.6 is 0 Å². The lowest BCUT2D eigenvalue weighted by atomic mass is 9.70. The summed E-state index contributed by atoms with van der Waals surface area (Å²) in [5.41, 5.74) is 2.48. The molecule has 0 radical (unpaired) electrons. The minimum atomic E-state index is -0.882. The number of anilines is 2. The first kappa shape index (κ1) is 12.1. The van der Waals surface area contributed by atoms with E-state index in [1.165, 1.54) is 0 Å². The number of fused-ring (bicyclic) bond motifs is 2. The van der Waals surface area contributed by atoms with Crippen LogP contribution in [0.15, 0.2) is 48.5 Å². The van der Waals surface area contributed by atoms with Gasteiger partial charge in [-0.3, -0.25) is 9.59 Å². The minimum absolute atomic E-state index is 0.120. The van der Waals surface area contributed by atoms with E-state index in [9.17, 15) is 9.59 Å². The normalized spacial score (nSPS) is 26.0. The predicted octanol–water partition coefficient (Wildman–Crippen LogP) is 2.63. The smallest absolute Gasteiger partial charge is 0.235 e. The Bertz CT molecular complexity index is 784. The fourth-order valence-corrected chi connectivity index (χ4v) is 3.49. The SMILES string of the molecule is CC1(C2C(=O)Nc3ccccc32)C(=O)Nc2ccccc21. The molecule has 2 aliphatic heterocycles. The number of para-hydroxylation sites is 2. The van der Waals surface area contributed by atoms with Crippen molar-refractivity contribution in [2.75, 3.05) is 10.6 Å². The first-order chi connectivity index (χ1) is 10.1. The van der Waals surface area contributed by atoms with Crippen molar-refractivity contribution in [3.8, 4) is 0 Å². The second-order valence-corrected chi connectivity index (χ2v) is 5.71. The van der Waals surface area contributed by atoms with Gasteiger partial charge in [-0.15, -0.1) is 0 Å². The zero-order valence-electron chi connectivity index (χ0n) is 11.5. The van der Waals surface area contributed by atoms with Crippen molar-refractivity contribution in [3.05, 3.63) is 59.7 Å². The van der Waals surface area contributed by atoms with Gasteiger partial charge >= 0.3 is 0 Å². The van der Waals surface area contributed by atoms with E-state index in [4.69, 9.17) is 0 Å². The quantitative estimate of drug-likeness (QED) is 0.842. The molecule has 4 nitrogen and oxygen atoms in total. The highest BCUT2D eigenvalue weighted by molar-refractivity contribution is 6.14. The van der Waals surface area contributed by atoms with E-state index in [0.717, 1.165) is 22.5 Å². The number of amides is 2. The Hall–Kier alpha value is -2.62. The highest BCUT2D eigenvalue weighted by Gasteiger charge is 2.54. The predicted molar refractivity (Wildman–Crippen MR) is 80.2 cm³/mol. The van der Waals surface area contributed by atoms with E-state index in [0.29, 0.717) is 0 Å². The molecule has 21 heavy (non-hydrogen) atoms. The lowest BCUT2D eigenvalue weighted by Crippen LogP contribution is -2.40. The lowest BCUT2D eigenvalue weighted by molar-refractivity contribution is -0.126. The zero-order valence-corrected chi connectivity index (χ0v) is 11.5. The maximum Gasteiger partial charge on any atom is 0.235 e. The zero-order chi connectivity index (χ0) is 14.6. The van der Waals surface area contributed by atoms with Gasteiger partial charge in [-0.05, 0) is 30.2 Å². The highest BCUT2D eigenvalue weighted by Crippen LogP contribution is 2.50. The van der Waals surface area contributed by atoms with Gasteiger partial charge in [0.1, 0.15) is 0 Å². The van der Waals surface area contributed by atoms with E-state index in [1.54, 1.807) is 0 Å². The van der Waals surface area contributed by atoms with Gasteiger partial charge in [0.2, 0.25) is 11.8 Å². The van der Waals surface area contributed by atoms with E-state index in [2.05, 4.69) is 10.6 Å². The summed E-state index contributed by atoms with van der Waals surface area (Å²) in [7, 11) is 0. The average Bonchev–Trinajstić information content (AvgIpc) is 2.94. The van der Waals surface area contributed by atoms with Gasteiger partial charge in [0.15, 0.2) is 0 Å². The van der Waals surface area contributed by atoms with E-state index in [1.807, 2.05) is 55.5 Å². The molecule has 2 amide bonds. The molecule has 4 heteroatoms. The number of benzene rings is 2. The second kappa shape index (κ2) is 3.95. The summed E-state index contributed by atoms with van der Waals surface area (Å²) in [4.78, 5) is 25.1. The van der Waals surface area contributed by atoms with Crippen LogP contribution in [0.4, 0.5) is 11.4 Å². The summed E-state index contributed by atoms with van der Waals surface area (Å²) < 4.78 is 0. The first-order valence-corrected chi connectivity index (χ1v) is 6.93. The van der Waals surface area contributed by atoms with Crippen LogP contribution in [-0.4, -0.2) is 11.8 Å². The summed E-state index contributed by atoms with van der Waals surface area (Å²) in [6.07, 6.45) is 0. The standard InChI is InChI=1S/C17H14N2O2/c1-17(11-7-3-5-9-13(11)19-16(17)21)14-10-6-2-4-8-12(10)18-15(14)20/h2-9,14H,1H3,(H,18,20)(H,19,21). The van der Waals surface area contributed by atoms with Gasteiger partial charge in [0.25, 0.3) is 0 Å². The Kier molecular flexibility index (Phi) is 2.28. The second-order valence-electron chi connectivity index (χ2n) is 5.71. The molecule has 2 aromatic rings. The molecule has 0 saturated heterocycles. The number of rotatable bonds is 1. The Morgan fingerprint density at radius 3 is 2.38 bits per heavy atom. The van der Waals surface area contributed by atoms with Crippen molar-refractivity contribution < 1.29 is 9.59 Å². The third kappa shape index (κ3) is 1.44. The highest BCUT2D eigenvalue weighted by atomic mass is 16.2. The molecule has 0 bridgehead atoms. The Labute approximate surface area is 122 Å². The molecule has 2 unspecified atom stereocenters. The number of hydrogen-bond donors (Lipinski definition) is 2. The summed E-state index contributed by atoms with van der Waals surface area (Å²) in [6, 6.07) is 15.1. The topological polar surface area (TPSA) is 58.2 Å². The van der Waals surface area contributed by atoms with Crippen molar-refractivity contribution in [1.82, 2.24) is 0 Å². The molecule has 2 N–H and O–H groups in total. The number of carbonyl (C=O) groups excluding carboxylic acids is 2. The summed E-state index contributed by atoms with van der Waals surface area (Å²) in [5.74, 6) is -0.747. The van der Waals surface area contributed by atoms with Gasteiger partial charge in [0, 0.05) is 11.4 Å².